The number of hydrogen-bond acceptors (Lipinski definition) is 3. The first-order valence-electron chi connectivity index (χ1n) is 6.76. The number of nitrogens with zero attached hydrogens (tertiary/aromatic N) is 2. The number of rotatable bonds is 8. The van der Waals surface area contributed by atoms with E-state index in [1.54, 1.807) is 0 Å². The Morgan fingerprint density at radius 1 is 1.42 bits per heavy atom. The molecule has 0 aliphatic heterocycles. The normalized spacial score (nSPS) is 10.2. The second-order valence-electron chi connectivity index (χ2n) is 4.44. The fourth-order valence-corrected chi connectivity index (χ4v) is 1.93. The third kappa shape index (κ3) is 4.88. The molecule has 0 atom stereocenters. The van der Waals surface area contributed by atoms with Crippen molar-refractivity contribution in [2.24, 2.45) is 0 Å². The number of nitrogens with one attached hydrogen (secondary N) is 1. The van der Waals surface area contributed by atoms with Gasteiger partial charge in [0.25, 0.3) is 0 Å². The van der Waals surface area contributed by atoms with Crippen LogP contribution in [0.5, 0.6) is 0 Å². The summed E-state index contributed by atoms with van der Waals surface area (Å²) in [7, 11) is 0. The van der Waals surface area contributed by atoms with Gasteiger partial charge in [-0.05, 0) is 25.5 Å². The number of aromatic nitrogens is 1. The molecule has 4 heteroatoms. The van der Waals surface area contributed by atoms with E-state index in [-0.39, 0.29) is 5.82 Å². The third-order valence-electron chi connectivity index (χ3n) is 2.73. The first-order chi connectivity index (χ1) is 9.22. The molecular weight excluding hydrogens is 241 g/mol. The van der Waals surface area contributed by atoms with Crippen LogP contribution in [0.1, 0.15) is 32.3 Å². The summed E-state index contributed by atoms with van der Waals surface area (Å²) < 4.78 is 13.3. The maximum absolute atomic E-state index is 13.3. The molecule has 0 fully saturated rings. The van der Waals surface area contributed by atoms with Crippen LogP contribution in [-0.4, -0.2) is 24.6 Å². The molecule has 1 rings (SSSR count). The second kappa shape index (κ2) is 8.49. The summed E-state index contributed by atoms with van der Waals surface area (Å²) in [4.78, 5) is 6.23. The van der Waals surface area contributed by atoms with E-state index in [0.717, 1.165) is 37.3 Å². The molecule has 19 heavy (non-hydrogen) atoms. The van der Waals surface area contributed by atoms with E-state index in [1.807, 2.05) is 4.90 Å². The SMILES string of the molecule is C#CCN(CCC)c1ncc(F)cc1CNCCC. The number of anilines is 1. The van der Waals surface area contributed by atoms with Gasteiger partial charge in [-0.25, -0.2) is 9.37 Å². The lowest BCUT2D eigenvalue weighted by atomic mass is 10.2. The molecule has 0 amide bonds. The summed E-state index contributed by atoms with van der Waals surface area (Å²) in [6, 6.07) is 1.53. The van der Waals surface area contributed by atoms with E-state index in [1.165, 1.54) is 12.3 Å². The van der Waals surface area contributed by atoms with Gasteiger partial charge >= 0.3 is 0 Å². The first-order valence-corrected chi connectivity index (χ1v) is 6.76. The van der Waals surface area contributed by atoms with Gasteiger partial charge in [-0.2, -0.15) is 0 Å². The van der Waals surface area contributed by atoms with Crippen LogP contribution < -0.4 is 10.2 Å². The van der Waals surface area contributed by atoms with Crippen molar-refractivity contribution in [3.8, 4) is 12.3 Å². The molecule has 0 unspecified atom stereocenters. The van der Waals surface area contributed by atoms with Crippen molar-refractivity contribution in [2.75, 3.05) is 24.5 Å². The molecule has 1 heterocycles. The van der Waals surface area contributed by atoms with Gasteiger partial charge in [0.15, 0.2) is 0 Å². The van der Waals surface area contributed by atoms with Gasteiger partial charge in [0.2, 0.25) is 0 Å². The highest BCUT2D eigenvalue weighted by Gasteiger charge is 2.12. The van der Waals surface area contributed by atoms with Crippen LogP contribution in [0, 0.1) is 18.2 Å². The molecule has 0 aromatic carbocycles. The smallest absolute Gasteiger partial charge is 0.141 e. The summed E-state index contributed by atoms with van der Waals surface area (Å²) in [6.07, 6.45) is 8.65. The lowest BCUT2D eigenvalue weighted by molar-refractivity contribution is 0.609. The zero-order valence-electron chi connectivity index (χ0n) is 11.7. The Kier molecular flexibility index (Phi) is 6.91. The van der Waals surface area contributed by atoms with Crippen molar-refractivity contribution < 1.29 is 4.39 Å². The highest BCUT2D eigenvalue weighted by atomic mass is 19.1. The molecule has 104 valence electrons. The fraction of sp³-hybridized carbons (Fsp3) is 0.533. The Hall–Kier alpha value is -1.60. The number of terminal acetylenes is 1. The van der Waals surface area contributed by atoms with Crippen molar-refractivity contribution in [3.05, 3.63) is 23.6 Å². The summed E-state index contributed by atoms with van der Waals surface area (Å²) in [6.45, 7) is 7.01. The number of hydrogen-bond donors (Lipinski definition) is 1. The van der Waals surface area contributed by atoms with Crippen LogP contribution in [0.15, 0.2) is 12.3 Å². The Balaban J connectivity index is 2.92. The van der Waals surface area contributed by atoms with Crippen LogP contribution in [0.2, 0.25) is 0 Å². The van der Waals surface area contributed by atoms with Gasteiger partial charge in [-0.15, -0.1) is 6.42 Å². The lowest BCUT2D eigenvalue weighted by Crippen LogP contribution is -2.28. The van der Waals surface area contributed by atoms with Gasteiger partial charge in [-0.3, -0.25) is 0 Å². The minimum Gasteiger partial charge on any atom is -0.345 e. The summed E-state index contributed by atoms with van der Waals surface area (Å²) in [5.74, 6) is 3.10. The van der Waals surface area contributed by atoms with Crippen molar-refractivity contribution in [1.82, 2.24) is 10.3 Å². The number of pyridine rings is 1. The molecule has 3 nitrogen and oxygen atoms in total. The molecule has 0 bridgehead atoms. The molecule has 0 aliphatic rings. The van der Waals surface area contributed by atoms with E-state index in [2.05, 4.69) is 30.1 Å². The minimum absolute atomic E-state index is 0.311. The predicted molar refractivity (Wildman–Crippen MR) is 77.5 cm³/mol. The molecule has 0 saturated heterocycles. The molecule has 0 aliphatic carbocycles. The van der Waals surface area contributed by atoms with E-state index in [4.69, 9.17) is 6.42 Å². The maximum Gasteiger partial charge on any atom is 0.141 e. The summed E-state index contributed by atoms with van der Waals surface area (Å²) in [5.41, 5.74) is 0.858. The summed E-state index contributed by atoms with van der Waals surface area (Å²) >= 11 is 0. The molecule has 1 N–H and O–H groups in total. The van der Waals surface area contributed by atoms with Crippen LogP contribution in [0.4, 0.5) is 10.2 Å². The average molecular weight is 263 g/mol. The van der Waals surface area contributed by atoms with Crippen LogP contribution in [0.25, 0.3) is 0 Å². The number of halogens is 1. The third-order valence-corrected chi connectivity index (χ3v) is 2.73. The fourth-order valence-electron chi connectivity index (χ4n) is 1.93. The van der Waals surface area contributed by atoms with E-state index in [9.17, 15) is 4.39 Å². The van der Waals surface area contributed by atoms with Gasteiger partial charge in [0, 0.05) is 18.7 Å². The molecule has 0 spiro atoms. The maximum atomic E-state index is 13.3. The van der Waals surface area contributed by atoms with Crippen molar-refractivity contribution in [1.29, 1.82) is 0 Å². The van der Waals surface area contributed by atoms with Gasteiger partial charge < -0.3 is 10.2 Å². The first kappa shape index (κ1) is 15.5. The van der Waals surface area contributed by atoms with Gasteiger partial charge in [0.1, 0.15) is 11.6 Å². The van der Waals surface area contributed by atoms with Gasteiger partial charge in [0.05, 0.1) is 12.7 Å². The van der Waals surface area contributed by atoms with Crippen molar-refractivity contribution in [3.63, 3.8) is 0 Å². The minimum atomic E-state index is -0.311. The zero-order chi connectivity index (χ0) is 14.1. The Morgan fingerprint density at radius 2 is 2.21 bits per heavy atom. The molecule has 0 saturated carbocycles. The molecule has 1 aromatic heterocycles. The quantitative estimate of drug-likeness (QED) is 0.577. The standard InChI is InChI=1S/C15H22FN3/c1-4-7-17-11-13-10-14(16)12-18-15(13)19(8-5-2)9-6-3/h2,10,12,17H,4,6-9,11H2,1,3H3. The highest BCUT2D eigenvalue weighted by Crippen LogP contribution is 2.18. The largest absolute Gasteiger partial charge is 0.345 e. The van der Waals surface area contributed by atoms with Crippen molar-refractivity contribution in [2.45, 2.75) is 33.2 Å². The topological polar surface area (TPSA) is 28.2 Å². The Bertz CT molecular complexity index is 426. The molecule has 0 radical (unpaired) electrons. The van der Waals surface area contributed by atoms with E-state index >= 15 is 0 Å². The van der Waals surface area contributed by atoms with E-state index in [0.29, 0.717) is 13.1 Å². The van der Waals surface area contributed by atoms with Crippen LogP contribution >= 0.6 is 0 Å². The zero-order valence-corrected chi connectivity index (χ0v) is 11.7. The molecular formula is C15H22FN3. The Labute approximate surface area is 115 Å². The van der Waals surface area contributed by atoms with Crippen molar-refractivity contribution >= 4 is 5.82 Å². The molecule has 1 aromatic rings. The van der Waals surface area contributed by atoms with E-state index < -0.39 is 0 Å². The van der Waals surface area contributed by atoms with Crippen LogP contribution in [0.3, 0.4) is 0 Å². The monoisotopic (exact) mass is 263 g/mol. The predicted octanol–water partition coefficient (Wildman–Crippen LogP) is 2.57. The Morgan fingerprint density at radius 3 is 2.84 bits per heavy atom. The average Bonchev–Trinajstić information content (AvgIpc) is 2.39. The highest BCUT2D eigenvalue weighted by molar-refractivity contribution is 5.48. The summed E-state index contributed by atoms with van der Waals surface area (Å²) in [5, 5.41) is 3.27. The lowest BCUT2D eigenvalue weighted by Gasteiger charge is -2.23. The van der Waals surface area contributed by atoms with Crippen LogP contribution in [-0.2, 0) is 6.54 Å². The second-order valence-corrected chi connectivity index (χ2v) is 4.44. The van der Waals surface area contributed by atoms with Gasteiger partial charge in [-0.1, -0.05) is 19.8 Å².